The lowest BCUT2D eigenvalue weighted by atomic mass is 9.84. The molecular formula is C27H46ClFN4O2. The average Bonchev–Trinajstić information content (AvgIpc) is 2.76. The molecule has 0 aliphatic heterocycles. The third-order valence-electron chi connectivity index (χ3n) is 5.82. The van der Waals surface area contributed by atoms with Crippen molar-refractivity contribution in [1.82, 2.24) is 10.2 Å². The number of hydrogen-bond acceptors (Lipinski definition) is 4. The Morgan fingerprint density at radius 1 is 1.26 bits per heavy atom. The average molecular weight is 513 g/mol. The van der Waals surface area contributed by atoms with Gasteiger partial charge in [-0.2, -0.15) is 0 Å². The molecule has 0 saturated carbocycles. The Hall–Kier alpha value is -1.99. The number of amides is 2. The Bertz CT molecular complexity index is 839. The van der Waals surface area contributed by atoms with E-state index in [0.29, 0.717) is 29.3 Å². The van der Waals surface area contributed by atoms with Crippen LogP contribution in [-0.4, -0.2) is 55.7 Å². The Morgan fingerprint density at radius 3 is 2.29 bits per heavy atom. The summed E-state index contributed by atoms with van der Waals surface area (Å²) in [6.07, 6.45) is 2.54. The lowest BCUT2D eigenvalue weighted by molar-refractivity contribution is -0.122. The van der Waals surface area contributed by atoms with Gasteiger partial charge in [0.05, 0.1) is 0 Å². The van der Waals surface area contributed by atoms with Crippen LogP contribution in [0, 0.1) is 23.1 Å². The van der Waals surface area contributed by atoms with Gasteiger partial charge in [0.2, 0.25) is 11.8 Å². The van der Waals surface area contributed by atoms with E-state index in [9.17, 15) is 14.0 Å². The molecule has 0 radical (unpaired) electrons. The third kappa shape index (κ3) is 13.0. The van der Waals surface area contributed by atoms with Crippen LogP contribution in [0.2, 0.25) is 5.02 Å². The molecule has 3 atom stereocenters. The topological polar surface area (TPSA) is 87.8 Å². The Kier molecular flexibility index (Phi) is 15.0. The molecule has 8 heteroatoms. The van der Waals surface area contributed by atoms with Crippen molar-refractivity contribution >= 4 is 29.1 Å². The molecule has 2 amide bonds. The summed E-state index contributed by atoms with van der Waals surface area (Å²) >= 11 is 5.98. The molecule has 35 heavy (non-hydrogen) atoms. The second-order valence-corrected chi connectivity index (χ2v) is 10.8. The highest BCUT2D eigenvalue weighted by Gasteiger charge is 2.31. The van der Waals surface area contributed by atoms with Gasteiger partial charge in [-0.15, -0.1) is 0 Å². The third-order valence-corrected chi connectivity index (χ3v) is 6.06. The number of hydrogen-bond donors (Lipinski definition) is 2. The van der Waals surface area contributed by atoms with Gasteiger partial charge in [0.25, 0.3) is 0 Å². The van der Waals surface area contributed by atoms with Gasteiger partial charge >= 0.3 is 0 Å². The quantitative estimate of drug-likeness (QED) is 0.393. The van der Waals surface area contributed by atoms with Gasteiger partial charge in [-0.3, -0.25) is 14.6 Å². The molecule has 1 aromatic rings. The van der Waals surface area contributed by atoms with Crippen molar-refractivity contribution in [2.75, 3.05) is 27.2 Å². The number of carbonyl (C=O) groups is 2. The van der Waals surface area contributed by atoms with Crippen molar-refractivity contribution in [1.29, 1.82) is 0 Å². The molecule has 0 aliphatic carbocycles. The molecule has 0 fully saturated rings. The van der Waals surface area contributed by atoms with Crippen LogP contribution in [0.4, 0.5) is 4.39 Å². The van der Waals surface area contributed by atoms with Crippen molar-refractivity contribution in [3.63, 3.8) is 0 Å². The van der Waals surface area contributed by atoms with E-state index in [-0.39, 0.29) is 23.2 Å². The van der Waals surface area contributed by atoms with Gasteiger partial charge in [0.15, 0.2) is 0 Å². The van der Waals surface area contributed by atoms with E-state index >= 15 is 0 Å². The number of nitrogens with two attached hydrogens (primary N) is 1. The smallest absolute Gasteiger partial charge is 0.242 e. The first-order chi connectivity index (χ1) is 16.2. The summed E-state index contributed by atoms with van der Waals surface area (Å²) in [4.78, 5) is 29.7. The van der Waals surface area contributed by atoms with Gasteiger partial charge in [0, 0.05) is 42.2 Å². The predicted molar refractivity (Wildman–Crippen MR) is 145 cm³/mol. The van der Waals surface area contributed by atoms with Gasteiger partial charge in [-0.1, -0.05) is 59.6 Å². The SMILES string of the molecule is CCCN(C)CC(C(C)CC)C(N=C(C)c1cc(Cl)ccc1F)C(N)=O.CNC(=O)CC(C)(C)C. The summed E-state index contributed by atoms with van der Waals surface area (Å²) in [7, 11) is 3.69. The van der Waals surface area contributed by atoms with Gasteiger partial charge in [-0.25, -0.2) is 4.39 Å². The van der Waals surface area contributed by atoms with Crippen LogP contribution in [-0.2, 0) is 9.59 Å². The number of aliphatic imine (C=N–C) groups is 1. The standard InChI is InChI=1S/C20H31ClFN3O.C7H15NO/c1-6-10-25(5)12-17(13(3)7-2)19(20(23)26)24-14(4)16-11-15(21)8-9-18(16)22;1-7(2,3)5-6(9)8-4/h8-9,11,13,17,19H,6-7,10,12H2,1-5H3,(H2,23,26);5H2,1-4H3,(H,8,9). The predicted octanol–water partition coefficient (Wildman–Crippen LogP) is 5.31. The molecule has 6 nitrogen and oxygen atoms in total. The summed E-state index contributed by atoms with van der Waals surface area (Å²) < 4.78 is 14.1. The van der Waals surface area contributed by atoms with E-state index in [1.807, 2.05) is 27.8 Å². The summed E-state index contributed by atoms with van der Waals surface area (Å²) in [6, 6.07) is 3.61. The number of carbonyl (C=O) groups excluding carboxylic acids is 2. The number of rotatable bonds is 11. The molecule has 0 spiro atoms. The zero-order valence-corrected chi connectivity index (χ0v) is 23.8. The summed E-state index contributed by atoms with van der Waals surface area (Å²) in [6.45, 7) is 15.8. The molecule has 0 saturated heterocycles. The monoisotopic (exact) mass is 512 g/mol. The normalized spacial score (nSPS) is 14.6. The van der Waals surface area contributed by atoms with E-state index in [1.165, 1.54) is 18.2 Å². The van der Waals surface area contributed by atoms with Crippen LogP contribution in [0.5, 0.6) is 0 Å². The molecular weight excluding hydrogens is 467 g/mol. The molecule has 3 unspecified atom stereocenters. The zero-order valence-electron chi connectivity index (χ0n) is 23.0. The van der Waals surface area contributed by atoms with E-state index in [0.717, 1.165) is 19.4 Å². The van der Waals surface area contributed by atoms with Crippen LogP contribution in [0.1, 0.15) is 73.3 Å². The lowest BCUT2D eigenvalue weighted by Crippen LogP contribution is -2.43. The highest BCUT2D eigenvalue weighted by atomic mass is 35.5. The fraction of sp³-hybridized carbons (Fsp3) is 0.667. The van der Waals surface area contributed by atoms with E-state index in [1.54, 1.807) is 14.0 Å². The van der Waals surface area contributed by atoms with Crippen molar-refractivity contribution in [3.8, 4) is 0 Å². The van der Waals surface area contributed by atoms with Gasteiger partial charge < -0.3 is 16.0 Å². The highest BCUT2D eigenvalue weighted by molar-refractivity contribution is 6.31. The molecule has 0 bridgehead atoms. The maximum Gasteiger partial charge on any atom is 0.242 e. The van der Waals surface area contributed by atoms with Crippen LogP contribution in [0.25, 0.3) is 0 Å². The Balaban J connectivity index is 0.00000109. The highest BCUT2D eigenvalue weighted by Crippen LogP contribution is 2.24. The second kappa shape index (κ2) is 15.9. The molecule has 200 valence electrons. The Labute approximate surface area is 216 Å². The van der Waals surface area contributed by atoms with Crippen LogP contribution < -0.4 is 11.1 Å². The molecule has 3 N–H and O–H groups in total. The number of primary amides is 1. The van der Waals surface area contributed by atoms with Gasteiger partial charge in [0.1, 0.15) is 11.9 Å². The fourth-order valence-electron chi connectivity index (χ4n) is 3.72. The molecule has 0 aromatic heterocycles. The Morgan fingerprint density at radius 2 is 1.86 bits per heavy atom. The molecule has 1 rings (SSSR count). The number of nitrogens with zero attached hydrogens (tertiary/aromatic N) is 2. The minimum atomic E-state index is -0.706. The van der Waals surface area contributed by atoms with Crippen LogP contribution in [0.15, 0.2) is 23.2 Å². The first-order valence-electron chi connectivity index (χ1n) is 12.3. The van der Waals surface area contributed by atoms with E-state index in [2.05, 4.69) is 36.0 Å². The lowest BCUT2D eigenvalue weighted by Gasteiger charge is -2.31. The molecule has 0 heterocycles. The zero-order chi connectivity index (χ0) is 27.3. The maximum absolute atomic E-state index is 14.1. The fourth-order valence-corrected chi connectivity index (χ4v) is 3.89. The minimum Gasteiger partial charge on any atom is -0.368 e. The summed E-state index contributed by atoms with van der Waals surface area (Å²) in [5.41, 5.74) is 6.53. The second-order valence-electron chi connectivity index (χ2n) is 10.4. The summed E-state index contributed by atoms with van der Waals surface area (Å²) in [5.74, 6) is -0.564. The summed E-state index contributed by atoms with van der Waals surface area (Å²) in [5, 5.41) is 3.01. The van der Waals surface area contributed by atoms with Crippen LogP contribution >= 0.6 is 11.6 Å². The molecule has 0 aliphatic rings. The van der Waals surface area contributed by atoms with Crippen molar-refractivity contribution in [3.05, 3.63) is 34.6 Å². The maximum atomic E-state index is 14.1. The van der Waals surface area contributed by atoms with Crippen molar-refractivity contribution in [2.24, 2.45) is 28.0 Å². The van der Waals surface area contributed by atoms with E-state index < -0.39 is 17.8 Å². The van der Waals surface area contributed by atoms with Crippen molar-refractivity contribution < 1.29 is 14.0 Å². The minimum absolute atomic E-state index is 0.0359. The first-order valence-corrected chi connectivity index (χ1v) is 12.7. The largest absolute Gasteiger partial charge is 0.368 e. The number of nitrogens with one attached hydrogen (secondary N) is 1. The molecule has 1 aromatic carbocycles. The van der Waals surface area contributed by atoms with Gasteiger partial charge in [-0.05, 0) is 56.5 Å². The van der Waals surface area contributed by atoms with E-state index in [4.69, 9.17) is 17.3 Å². The van der Waals surface area contributed by atoms with Crippen LogP contribution in [0.3, 0.4) is 0 Å². The van der Waals surface area contributed by atoms with Crippen molar-refractivity contribution in [2.45, 2.75) is 73.8 Å². The number of halogens is 2. The number of benzene rings is 1. The first kappa shape index (κ1) is 33.0.